The minimum absolute atomic E-state index is 0.406. The Hall–Kier alpha value is -0.860. The lowest BCUT2D eigenvalue weighted by molar-refractivity contribution is 0.105. The van der Waals surface area contributed by atoms with Crippen molar-refractivity contribution in [2.75, 3.05) is 13.2 Å². The Morgan fingerprint density at radius 3 is 2.78 bits per heavy atom. The summed E-state index contributed by atoms with van der Waals surface area (Å²) in [7, 11) is 0. The monoisotopic (exact) mass is 247 g/mol. The second-order valence-corrected chi connectivity index (χ2v) is 5.61. The zero-order valence-corrected chi connectivity index (χ0v) is 12.0. The molecule has 3 unspecified atom stereocenters. The van der Waals surface area contributed by atoms with Crippen molar-refractivity contribution >= 4 is 0 Å². The molecule has 1 fully saturated rings. The highest BCUT2D eigenvalue weighted by Crippen LogP contribution is 2.22. The second kappa shape index (κ2) is 5.85. The van der Waals surface area contributed by atoms with Crippen molar-refractivity contribution in [1.82, 2.24) is 5.32 Å². The molecule has 0 amide bonds. The van der Waals surface area contributed by atoms with E-state index in [9.17, 15) is 0 Å². The lowest BCUT2D eigenvalue weighted by Crippen LogP contribution is -2.29. The van der Waals surface area contributed by atoms with Crippen molar-refractivity contribution in [3.8, 4) is 0 Å². The molecular weight excluding hydrogens is 222 g/mol. The summed E-state index contributed by atoms with van der Waals surface area (Å²) in [6.07, 6.45) is 1.59. The fourth-order valence-corrected chi connectivity index (χ4v) is 2.79. The number of rotatable bonds is 4. The number of benzene rings is 1. The minimum Gasteiger partial charge on any atom is -0.378 e. The standard InChI is InChI=1S/C16H25NO/c1-11-5-6-16(12(2)9-11)13(3)17-10-15-7-8-18-14(15)4/h5-6,9,13-15,17H,7-8,10H2,1-4H3. The Labute approximate surface area is 111 Å². The molecule has 3 atom stereocenters. The molecule has 0 aromatic heterocycles. The summed E-state index contributed by atoms with van der Waals surface area (Å²) in [6.45, 7) is 10.7. The first kappa shape index (κ1) is 13.6. The molecule has 1 aliphatic heterocycles. The van der Waals surface area contributed by atoms with E-state index in [4.69, 9.17) is 4.74 Å². The minimum atomic E-state index is 0.406. The average molecular weight is 247 g/mol. The van der Waals surface area contributed by atoms with Gasteiger partial charge in [0.05, 0.1) is 6.10 Å². The Kier molecular flexibility index (Phi) is 4.41. The average Bonchev–Trinajstić information content (AvgIpc) is 2.72. The molecule has 1 heterocycles. The van der Waals surface area contributed by atoms with Gasteiger partial charge in [-0.15, -0.1) is 0 Å². The van der Waals surface area contributed by atoms with E-state index in [1.165, 1.54) is 23.1 Å². The van der Waals surface area contributed by atoms with Crippen LogP contribution in [-0.2, 0) is 4.74 Å². The highest BCUT2D eigenvalue weighted by Gasteiger charge is 2.24. The maximum Gasteiger partial charge on any atom is 0.0588 e. The molecule has 0 bridgehead atoms. The Morgan fingerprint density at radius 2 is 2.17 bits per heavy atom. The number of nitrogens with one attached hydrogen (secondary N) is 1. The summed E-state index contributed by atoms with van der Waals surface area (Å²) in [5.74, 6) is 0.665. The van der Waals surface area contributed by atoms with Crippen LogP contribution in [0.4, 0.5) is 0 Å². The van der Waals surface area contributed by atoms with Crippen LogP contribution in [0.15, 0.2) is 18.2 Å². The number of aryl methyl sites for hydroxylation is 2. The van der Waals surface area contributed by atoms with E-state index in [0.717, 1.165) is 13.2 Å². The summed E-state index contributed by atoms with van der Waals surface area (Å²) < 4.78 is 5.60. The van der Waals surface area contributed by atoms with Crippen LogP contribution < -0.4 is 5.32 Å². The Bertz CT molecular complexity index is 402. The van der Waals surface area contributed by atoms with E-state index in [0.29, 0.717) is 18.1 Å². The molecule has 0 aliphatic carbocycles. The predicted octanol–water partition coefficient (Wildman–Crippen LogP) is 3.38. The predicted molar refractivity (Wildman–Crippen MR) is 75.9 cm³/mol. The van der Waals surface area contributed by atoms with E-state index in [1.807, 2.05) is 0 Å². The Morgan fingerprint density at radius 1 is 1.39 bits per heavy atom. The first-order chi connectivity index (χ1) is 8.58. The van der Waals surface area contributed by atoms with E-state index >= 15 is 0 Å². The smallest absolute Gasteiger partial charge is 0.0588 e. The van der Waals surface area contributed by atoms with Crippen LogP contribution in [0.3, 0.4) is 0 Å². The SMILES string of the molecule is Cc1ccc(C(C)NCC2CCOC2C)c(C)c1. The van der Waals surface area contributed by atoms with Crippen LogP contribution in [0.2, 0.25) is 0 Å². The van der Waals surface area contributed by atoms with E-state index in [-0.39, 0.29) is 0 Å². The van der Waals surface area contributed by atoms with Crippen LogP contribution in [-0.4, -0.2) is 19.3 Å². The molecular formula is C16H25NO. The van der Waals surface area contributed by atoms with Crippen molar-refractivity contribution in [2.45, 2.75) is 46.3 Å². The molecule has 100 valence electrons. The summed E-state index contributed by atoms with van der Waals surface area (Å²) in [4.78, 5) is 0. The topological polar surface area (TPSA) is 21.3 Å². The van der Waals surface area contributed by atoms with Crippen LogP contribution >= 0.6 is 0 Å². The molecule has 18 heavy (non-hydrogen) atoms. The number of hydrogen-bond acceptors (Lipinski definition) is 2. The van der Waals surface area contributed by atoms with Gasteiger partial charge in [0.1, 0.15) is 0 Å². The highest BCUT2D eigenvalue weighted by atomic mass is 16.5. The second-order valence-electron chi connectivity index (χ2n) is 5.61. The van der Waals surface area contributed by atoms with Crippen molar-refractivity contribution in [1.29, 1.82) is 0 Å². The highest BCUT2D eigenvalue weighted by molar-refractivity contribution is 5.32. The fraction of sp³-hybridized carbons (Fsp3) is 0.625. The number of ether oxygens (including phenoxy) is 1. The maximum atomic E-state index is 5.60. The lowest BCUT2D eigenvalue weighted by atomic mass is 9.98. The summed E-state index contributed by atoms with van der Waals surface area (Å²) in [5.41, 5.74) is 4.12. The van der Waals surface area contributed by atoms with Crippen LogP contribution in [0.25, 0.3) is 0 Å². The molecule has 0 saturated carbocycles. The van der Waals surface area contributed by atoms with Gasteiger partial charge in [0.15, 0.2) is 0 Å². The largest absolute Gasteiger partial charge is 0.378 e. The van der Waals surface area contributed by atoms with Crippen LogP contribution in [0.1, 0.15) is 43.0 Å². The van der Waals surface area contributed by atoms with Gasteiger partial charge in [0, 0.05) is 19.2 Å². The fourth-order valence-electron chi connectivity index (χ4n) is 2.79. The third-order valence-corrected chi connectivity index (χ3v) is 4.11. The van der Waals surface area contributed by atoms with E-state index < -0.39 is 0 Å². The summed E-state index contributed by atoms with van der Waals surface area (Å²) in [5, 5.41) is 3.65. The van der Waals surface area contributed by atoms with Crippen LogP contribution in [0, 0.1) is 19.8 Å². The quantitative estimate of drug-likeness (QED) is 0.880. The van der Waals surface area contributed by atoms with Crippen LogP contribution in [0.5, 0.6) is 0 Å². The van der Waals surface area contributed by atoms with Gasteiger partial charge in [0.2, 0.25) is 0 Å². The lowest BCUT2D eigenvalue weighted by Gasteiger charge is -2.21. The molecule has 1 aromatic carbocycles. The molecule has 2 rings (SSSR count). The van der Waals surface area contributed by atoms with Gasteiger partial charge in [-0.25, -0.2) is 0 Å². The third kappa shape index (κ3) is 3.12. The van der Waals surface area contributed by atoms with E-state index in [2.05, 4.69) is 51.2 Å². The third-order valence-electron chi connectivity index (χ3n) is 4.11. The Balaban J connectivity index is 1.93. The molecule has 0 radical (unpaired) electrons. The first-order valence-electron chi connectivity index (χ1n) is 7.00. The summed E-state index contributed by atoms with van der Waals surface area (Å²) in [6, 6.07) is 7.12. The van der Waals surface area contributed by atoms with Crippen molar-refractivity contribution in [3.05, 3.63) is 34.9 Å². The zero-order chi connectivity index (χ0) is 13.1. The molecule has 1 N–H and O–H groups in total. The van der Waals surface area contributed by atoms with Gasteiger partial charge in [0.25, 0.3) is 0 Å². The van der Waals surface area contributed by atoms with Gasteiger partial charge >= 0.3 is 0 Å². The van der Waals surface area contributed by atoms with Crippen molar-refractivity contribution in [3.63, 3.8) is 0 Å². The molecule has 1 saturated heterocycles. The van der Waals surface area contributed by atoms with Gasteiger partial charge in [-0.3, -0.25) is 0 Å². The molecule has 2 heteroatoms. The molecule has 1 aromatic rings. The molecule has 0 spiro atoms. The van der Waals surface area contributed by atoms with Crippen molar-refractivity contribution < 1.29 is 4.74 Å². The van der Waals surface area contributed by atoms with E-state index in [1.54, 1.807) is 0 Å². The van der Waals surface area contributed by atoms with Crippen molar-refractivity contribution in [2.24, 2.45) is 5.92 Å². The van der Waals surface area contributed by atoms with Gasteiger partial charge in [-0.05, 0) is 51.2 Å². The summed E-state index contributed by atoms with van der Waals surface area (Å²) >= 11 is 0. The maximum absolute atomic E-state index is 5.60. The number of hydrogen-bond donors (Lipinski definition) is 1. The zero-order valence-electron chi connectivity index (χ0n) is 12.0. The molecule has 1 aliphatic rings. The van der Waals surface area contributed by atoms with Gasteiger partial charge < -0.3 is 10.1 Å². The first-order valence-corrected chi connectivity index (χ1v) is 7.00. The van der Waals surface area contributed by atoms with Gasteiger partial charge in [-0.1, -0.05) is 23.8 Å². The van der Waals surface area contributed by atoms with Gasteiger partial charge in [-0.2, -0.15) is 0 Å². The normalized spacial score (nSPS) is 25.3. The molecule has 2 nitrogen and oxygen atoms in total.